The maximum atomic E-state index is 12.4. The molecule has 0 bridgehead atoms. The van der Waals surface area contributed by atoms with Gasteiger partial charge in [-0.15, -0.1) is 27.4 Å². The first-order valence-electron chi connectivity index (χ1n) is 26.8. The zero-order chi connectivity index (χ0) is 60.4. The summed E-state index contributed by atoms with van der Waals surface area (Å²) in [6, 6.07) is 46.0. The molecule has 1 aliphatic heterocycles. The lowest BCUT2D eigenvalue weighted by atomic mass is 10.1. The first kappa shape index (κ1) is 64.1. The standard InChI is InChI=1S/C27H27N3O4.C22H19N3O3.C18H14IN3O.ClH/c1-28-26-17-24(22-8-4-5-9-23(22)29-26)30(2)20-12-14-25(32-3)19(16-20)11-13-21(31)18-34-27-10-6-7-15-33-27;1-23-22-13-20(18-6-4-5-7-19(18)24-22)25(2)16-9-11-21(28-3)15(12-16)8-10-17(27)14-26;1-20-18-11-16(13-6-4-5-7-15(13)21-18)22(2)12-8-9-17(23-3)14(19)10-12;/h4-5,8-9,11-14,16-17,27H,6-7,10,15,18H2,2-3H3;4-13,26H,14H2,2-3H3;4-11H,2-3H3;1H/b13-11+;10-8+;;. The van der Waals surface area contributed by atoms with Gasteiger partial charge in [0, 0.05) is 89.2 Å². The van der Waals surface area contributed by atoms with Crippen LogP contribution in [0.1, 0.15) is 30.4 Å². The van der Waals surface area contributed by atoms with Crippen molar-refractivity contribution in [1.82, 2.24) is 15.0 Å². The molecule has 9 aromatic rings. The van der Waals surface area contributed by atoms with Crippen LogP contribution in [0.25, 0.3) is 59.4 Å². The van der Waals surface area contributed by atoms with Crippen LogP contribution < -0.4 is 28.9 Å². The Labute approximate surface area is 519 Å². The molecule has 0 radical (unpaired) electrons. The fourth-order valence-corrected chi connectivity index (χ4v) is 10.0. The molecular weight excluding hydrogens is 1220 g/mol. The smallest absolute Gasteiger partial charge is 0.272 e. The van der Waals surface area contributed by atoms with Gasteiger partial charge < -0.3 is 58.0 Å². The number of benzene rings is 6. The molecule has 0 spiro atoms. The van der Waals surface area contributed by atoms with E-state index in [1.807, 2.05) is 158 Å². The minimum atomic E-state index is -0.541. The number of aliphatic hydroxyl groups is 1. The highest BCUT2D eigenvalue weighted by Crippen LogP contribution is 2.39. The monoisotopic (exact) mass is 1280 g/mol. The molecule has 1 aliphatic rings. The molecule has 1 atom stereocenters. The third kappa shape index (κ3) is 15.8. The maximum Gasteiger partial charge on any atom is 0.272 e. The molecular formula is C67H61ClIN9O8. The summed E-state index contributed by atoms with van der Waals surface area (Å²) in [5.41, 5.74) is 9.25. The minimum absolute atomic E-state index is 0. The highest BCUT2D eigenvalue weighted by Gasteiger charge is 2.19. The van der Waals surface area contributed by atoms with E-state index in [4.69, 9.17) is 48.5 Å². The van der Waals surface area contributed by atoms with Crippen LogP contribution in [0.15, 0.2) is 158 Å². The molecule has 86 heavy (non-hydrogen) atoms. The fraction of sp³-hybridized carbons (Fsp3) is 0.194. The van der Waals surface area contributed by atoms with Crippen LogP contribution in [-0.4, -0.2) is 100 Å². The molecule has 10 rings (SSSR count). The molecule has 3 aromatic heterocycles. The summed E-state index contributed by atoms with van der Waals surface area (Å²) in [5.74, 6) is 2.64. The summed E-state index contributed by atoms with van der Waals surface area (Å²) >= 11 is 2.26. The van der Waals surface area contributed by atoms with Crippen LogP contribution in [0.4, 0.5) is 51.6 Å². The van der Waals surface area contributed by atoms with Gasteiger partial charge in [0.2, 0.25) is 0 Å². The van der Waals surface area contributed by atoms with E-state index in [0.29, 0.717) is 41.1 Å². The topological polar surface area (TPSA) is 162 Å². The van der Waals surface area contributed by atoms with E-state index in [9.17, 15) is 9.59 Å². The second kappa shape index (κ2) is 30.9. The summed E-state index contributed by atoms with van der Waals surface area (Å²) in [5, 5.41) is 11.8. The third-order valence-corrected chi connectivity index (χ3v) is 14.6. The molecule has 0 amide bonds. The first-order chi connectivity index (χ1) is 41.3. The number of carbonyl (C=O) groups excluding carboxylic acids is 2. The zero-order valence-electron chi connectivity index (χ0n) is 48.1. The van der Waals surface area contributed by atoms with E-state index in [1.165, 1.54) is 12.2 Å². The van der Waals surface area contributed by atoms with Gasteiger partial charge >= 0.3 is 0 Å². The molecule has 6 aromatic carbocycles. The van der Waals surface area contributed by atoms with E-state index in [-0.39, 0.29) is 36.9 Å². The summed E-state index contributed by atoms with van der Waals surface area (Å²) in [6.07, 6.45) is 8.78. The van der Waals surface area contributed by atoms with Crippen molar-refractivity contribution in [2.24, 2.45) is 0 Å². The zero-order valence-corrected chi connectivity index (χ0v) is 51.1. The quantitative estimate of drug-likeness (QED) is 0.0521. The minimum Gasteiger partial charge on any atom is -0.496 e. The van der Waals surface area contributed by atoms with E-state index in [0.717, 1.165) is 101 Å². The summed E-state index contributed by atoms with van der Waals surface area (Å²) in [4.78, 5) is 53.5. The van der Waals surface area contributed by atoms with Crippen LogP contribution in [-0.2, 0) is 19.1 Å². The SMILES string of the molecule is Cl.[C-]#[N+]c1cc(N(C)c2ccc(OC)c(/C=C/C(=O)CO)c2)c2ccccc2n1.[C-]#[N+]c1cc(N(C)c2ccc(OC)c(/C=C/C(=O)COC3CCCCO3)c2)c2ccccc2n1.[C-]#[N+]c1cc(N(C)c2ccc(OC)c(I)c2)c2ccccc2n1. The van der Waals surface area contributed by atoms with Crippen LogP contribution in [0.3, 0.4) is 0 Å². The van der Waals surface area contributed by atoms with Crippen LogP contribution in [0.2, 0.25) is 0 Å². The van der Waals surface area contributed by atoms with E-state index in [2.05, 4.69) is 63.0 Å². The number of carbonyl (C=O) groups is 2. The van der Waals surface area contributed by atoms with Crippen molar-refractivity contribution in [2.45, 2.75) is 25.6 Å². The number of hydrogen-bond donors (Lipinski definition) is 1. The third-order valence-electron chi connectivity index (χ3n) is 13.8. The Morgan fingerprint density at radius 3 is 1.35 bits per heavy atom. The molecule has 17 nitrogen and oxygen atoms in total. The van der Waals surface area contributed by atoms with Crippen molar-refractivity contribution in [3.8, 4) is 17.2 Å². The molecule has 436 valence electrons. The number of ether oxygens (including phenoxy) is 5. The van der Waals surface area contributed by atoms with Gasteiger partial charge in [0.1, 0.15) is 30.5 Å². The Bertz CT molecular complexity index is 4100. The van der Waals surface area contributed by atoms with Gasteiger partial charge in [0.25, 0.3) is 17.5 Å². The molecule has 4 heterocycles. The average Bonchev–Trinajstić information content (AvgIpc) is 1.23. The number of rotatable bonds is 17. The number of hydrogen-bond acceptors (Lipinski definition) is 14. The van der Waals surface area contributed by atoms with Crippen molar-refractivity contribution in [3.63, 3.8) is 0 Å². The number of aromatic nitrogens is 3. The molecule has 19 heteroatoms. The van der Waals surface area contributed by atoms with Crippen LogP contribution in [0, 0.1) is 23.3 Å². The number of para-hydroxylation sites is 3. The lowest BCUT2D eigenvalue weighted by molar-refractivity contribution is -0.167. The molecule has 1 N–H and O–H groups in total. The lowest BCUT2D eigenvalue weighted by Crippen LogP contribution is -2.24. The van der Waals surface area contributed by atoms with Crippen molar-refractivity contribution in [2.75, 3.05) is 77.0 Å². The highest BCUT2D eigenvalue weighted by molar-refractivity contribution is 14.1. The Balaban J connectivity index is 0.000000187. The number of ketones is 2. The molecule has 0 aliphatic carbocycles. The molecule has 0 saturated carbocycles. The van der Waals surface area contributed by atoms with E-state index in [1.54, 1.807) is 45.6 Å². The lowest BCUT2D eigenvalue weighted by Gasteiger charge is -2.22. The largest absolute Gasteiger partial charge is 0.496 e. The summed E-state index contributed by atoms with van der Waals surface area (Å²) in [7, 11) is 10.7. The maximum absolute atomic E-state index is 12.4. The van der Waals surface area contributed by atoms with Gasteiger partial charge in [0.05, 0.1) is 24.9 Å². The number of anilines is 6. The van der Waals surface area contributed by atoms with Crippen molar-refractivity contribution in [1.29, 1.82) is 0 Å². The number of methoxy groups -OCH3 is 3. The molecule has 1 saturated heterocycles. The number of aliphatic hydroxyl groups excluding tert-OH is 1. The number of nitrogens with zero attached hydrogens (tertiary/aromatic N) is 9. The molecule has 1 fully saturated rings. The van der Waals surface area contributed by atoms with Crippen molar-refractivity contribution < 1.29 is 38.4 Å². The van der Waals surface area contributed by atoms with E-state index >= 15 is 0 Å². The van der Waals surface area contributed by atoms with Crippen LogP contribution >= 0.6 is 35.0 Å². The van der Waals surface area contributed by atoms with Crippen molar-refractivity contribution >= 4 is 143 Å². The fourth-order valence-electron chi connectivity index (χ4n) is 9.32. The second-order valence-electron chi connectivity index (χ2n) is 19.1. The average molecular weight is 1280 g/mol. The number of halogens is 2. The van der Waals surface area contributed by atoms with Gasteiger partial charge in [-0.25, -0.2) is 0 Å². The predicted molar refractivity (Wildman–Crippen MR) is 352 cm³/mol. The summed E-state index contributed by atoms with van der Waals surface area (Å²) in [6.45, 7) is 22.1. The Kier molecular flexibility index (Phi) is 23.0. The number of pyridine rings is 3. The van der Waals surface area contributed by atoms with Gasteiger partial charge in [-0.05, 0) is 175 Å². The number of fused-ring (bicyclic) bond motifs is 3. The second-order valence-corrected chi connectivity index (χ2v) is 20.3. The Morgan fingerprint density at radius 2 is 0.977 bits per heavy atom. The van der Waals surface area contributed by atoms with Gasteiger partial charge in [-0.1, -0.05) is 56.1 Å². The highest BCUT2D eigenvalue weighted by atomic mass is 127. The van der Waals surface area contributed by atoms with Gasteiger partial charge in [0.15, 0.2) is 34.4 Å². The Morgan fingerprint density at radius 1 is 0.581 bits per heavy atom. The van der Waals surface area contributed by atoms with Gasteiger partial charge in [-0.3, -0.25) is 9.59 Å². The van der Waals surface area contributed by atoms with Gasteiger partial charge in [-0.2, -0.15) is 0 Å². The van der Waals surface area contributed by atoms with Crippen molar-refractivity contribution in [3.05, 3.63) is 207 Å². The normalized spacial score (nSPS) is 12.5. The van der Waals surface area contributed by atoms with E-state index < -0.39 is 6.61 Å². The van der Waals surface area contributed by atoms with Crippen LogP contribution in [0.5, 0.6) is 17.2 Å². The predicted octanol–water partition coefficient (Wildman–Crippen LogP) is 15.4. The first-order valence-corrected chi connectivity index (χ1v) is 27.9. The molecule has 1 unspecified atom stereocenters. The summed E-state index contributed by atoms with van der Waals surface area (Å²) < 4.78 is 28.3. The Hall–Kier alpha value is -9.46.